The van der Waals surface area contributed by atoms with Crippen LogP contribution in [0, 0.1) is 0 Å². The van der Waals surface area contributed by atoms with E-state index in [4.69, 9.17) is 10.3 Å². The Labute approximate surface area is 80.9 Å². The van der Waals surface area contributed by atoms with Crippen LogP contribution >= 0.6 is 0 Å². The highest BCUT2D eigenvalue weighted by atomic mass is 16.3. The van der Waals surface area contributed by atoms with Crippen molar-refractivity contribution in [2.45, 2.75) is 6.04 Å². The fourth-order valence-electron chi connectivity index (χ4n) is 1.22. The highest BCUT2D eigenvalue weighted by Crippen LogP contribution is 2.17. The van der Waals surface area contributed by atoms with Gasteiger partial charge in [0.05, 0.1) is 12.5 Å². The van der Waals surface area contributed by atoms with E-state index in [1.165, 1.54) is 0 Å². The predicted octanol–water partition coefficient (Wildman–Crippen LogP) is 0.622. The zero-order chi connectivity index (χ0) is 9.80. The maximum Gasteiger partial charge on any atom is 0.151 e. The van der Waals surface area contributed by atoms with Gasteiger partial charge in [-0.15, -0.1) is 0 Å². The fourth-order valence-corrected chi connectivity index (χ4v) is 1.22. The van der Waals surface area contributed by atoms with Crippen LogP contribution in [-0.4, -0.2) is 9.97 Å². The number of hydrazine groups is 1. The summed E-state index contributed by atoms with van der Waals surface area (Å²) in [7, 11) is 0. The van der Waals surface area contributed by atoms with Gasteiger partial charge >= 0.3 is 0 Å². The average molecular weight is 190 g/mol. The van der Waals surface area contributed by atoms with Gasteiger partial charge in [-0.25, -0.2) is 15.4 Å². The van der Waals surface area contributed by atoms with Crippen LogP contribution in [-0.2, 0) is 0 Å². The second kappa shape index (κ2) is 3.99. The van der Waals surface area contributed by atoms with E-state index in [2.05, 4.69) is 15.4 Å². The molecule has 0 saturated heterocycles. The molecule has 1 unspecified atom stereocenters. The molecule has 2 rings (SSSR count). The van der Waals surface area contributed by atoms with E-state index in [0.29, 0.717) is 5.82 Å². The van der Waals surface area contributed by atoms with Crippen LogP contribution in [0.2, 0.25) is 0 Å². The number of rotatable bonds is 3. The Balaban J connectivity index is 2.31. The van der Waals surface area contributed by atoms with Crippen LogP contribution in [0.4, 0.5) is 0 Å². The highest BCUT2D eigenvalue weighted by molar-refractivity contribution is 5.19. The Bertz CT molecular complexity index is 373. The molecule has 14 heavy (non-hydrogen) atoms. The lowest BCUT2D eigenvalue weighted by atomic mass is 10.1. The first-order chi connectivity index (χ1) is 6.92. The molecule has 0 bridgehead atoms. The lowest BCUT2D eigenvalue weighted by Gasteiger charge is -2.11. The Morgan fingerprint density at radius 1 is 1.36 bits per heavy atom. The zero-order valence-corrected chi connectivity index (χ0v) is 7.42. The van der Waals surface area contributed by atoms with Crippen molar-refractivity contribution in [2.24, 2.45) is 5.84 Å². The largest absolute Gasteiger partial charge is 0.472 e. The van der Waals surface area contributed by atoms with Gasteiger partial charge in [0, 0.05) is 18.0 Å². The number of nitrogens with zero attached hydrogens (tertiary/aromatic N) is 2. The fraction of sp³-hybridized carbons (Fsp3) is 0.111. The minimum absolute atomic E-state index is 0.227. The van der Waals surface area contributed by atoms with E-state index < -0.39 is 0 Å². The van der Waals surface area contributed by atoms with Gasteiger partial charge in [-0.05, 0) is 12.1 Å². The molecule has 2 heterocycles. The van der Waals surface area contributed by atoms with Crippen molar-refractivity contribution in [3.8, 4) is 0 Å². The van der Waals surface area contributed by atoms with Gasteiger partial charge < -0.3 is 4.42 Å². The number of nitrogens with two attached hydrogens (primary N) is 1. The van der Waals surface area contributed by atoms with Gasteiger partial charge in [0.15, 0.2) is 5.82 Å². The predicted molar refractivity (Wildman–Crippen MR) is 49.9 cm³/mol. The summed E-state index contributed by atoms with van der Waals surface area (Å²) in [6.07, 6.45) is 6.54. The van der Waals surface area contributed by atoms with Gasteiger partial charge in [0.25, 0.3) is 0 Å². The summed E-state index contributed by atoms with van der Waals surface area (Å²) >= 11 is 0. The van der Waals surface area contributed by atoms with Crippen LogP contribution in [0.25, 0.3) is 0 Å². The van der Waals surface area contributed by atoms with Crippen molar-refractivity contribution in [2.75, 3.05) is 0 Å². The lowest BCUT2D eigenvalue weighted by Crippen LogP contribution is -2.29. The van der Waals surface area contributed by atoms with E-state index in [1.807, 2.05) is 6.07 Å². The van der Waals surface area contributed by atoms with E-state index in [0.717, 1.165) is 5.56 Å². The molecule has 3 N–H and O–H groups in total. The molecule has 72 valence electrons. The van der Waals surface area contributed by atoms with Gasteiger partial charge in [0.2, 0.25) is 0 Å². The summed E-state index contributed by atoms with van der Waals surface area (Å²) in [5, 5.41) is 0. The summed E-state index contributed by atoms with van der Waals surface area (Å²) < 4.78 is 4.97. The highest BCUT2D eigenvalue weighted by Gasteiger charge is 2.15. The van der Waals surface area contributed by atoms with Crippen molar-refractivity contribution in [3.05, 3.63) is 48.4 Å². The number of aromatic nitrogens is 2. The molecule has 0 spiro atoms. The first-order valence-corrected chi connectivity index (χ1v) is 4.17. The monoisotopic (exact) mass is 190 g/mol. The molecule has 5 heteroatoms. The summed E-state index contributed by atoms with van der Waals surface area (Å²) in [4.78, 5) is 8.22. The summed E-state index contributed by atoms with van der Waals surface area (Å²) in [6, 6.07) is 3.35. The van der Waals surface area contributed by atoms with Crippen LogP contribution in [0.3, 0.4) is 0 Å². The minimum atomic E-state index is -0.227. The SMILES string of the molecule is NNC(c1ccoc1)c1ncccn1. The Morgan fingerprint density at radius 3 is 2.71 bits per heavy atom. The van der Waals surface area contributed by atoms with E-state index in [-0.39, 0.29) is 6.04 Å². The standard InChI is InChI=1S/C9H10N4O/c10-13-8(7-2-5-14-6-7)9-11-3-1-4-12-9/h1-6,8,13H,10H2. The molecule has 0 fully saturated rings. The first-order valence-electron chi connectivity index (χ1n) is 4.17. The molecule has 0 radical (unpaired) electrons. The van der Waals surface area contributed by atoms with Crippen molar-refractivity contribution in [1.82, 2.24) is 15.4 Å². The third-order valence-corrected chi connectivity index (χ3v) is 1.89. The maximum absolute atomic E-state index is 5.42. The van der Waals surface area contributed by atoms with E-state index >= 15 is 0 Å². The van der Waals surface area contributed by atoms with Crippen molar-refractivity contribution in [1.29, 1.82) is 0 Å². The first kappa shape index (κ1) is 8.86. The zero-order valence-electron chi connectivity index (χ0n) is 7.42. The average Bonchev–Trinajstić information content (AvgIpc) is 2.74. The minimum Gasteiger partial charge on any atom is -0.472 e. The van der Waals surface area contributed by atoms with Gasteiger partial charge in [-0.1, -0.05) is 0 Å². The Hall–Kier alpha value is -1.72. The van der Waals surface area contributed by atoms with Crippen LogP contribution in [0.1, 0.15) is 17.4 Å². The molecule has 5 nitrogen and oxygen atoms in total. The molecule has 0 saturated carbocycles. The van der Waals surface area contributed by atoms with E-state index in [9.17, 15) is 0 Å². The molecular weight excluding hydrogens is 180 g/mol. The normalized spacial score (nSPS) is 12.6. The van der Waals surface area contributed by atoms with Crippen molar-refractivity contribution < 1.29 is 4.42 Å². The van der Waals surface area contributed by atoms with Crippen LogP contribution < -0.4 is 11.3 Å². The molecular formula is C9H10N4O. The number of hydrogen-bond donors (Lipinski definition) is 2. The molecule has 0 aliphatic rings. The Morgan fingerprint density at radius 2 is 2.14 bits per heavy atom. The summed E-state index contributed by atoms with van der Waals surface area (Å²) in [5.74, 6) is 6.05. The van der Waals surface area contributed by atoms with Crippen molar-refractivity contribution >= 4 is 0 Å². The second-order valence-electron chi connectivity index (χ2n) is 2.76. The van der Waals surface area contributed by atoms with Crippen LogP contribution in [0.5, 0.6) is 0 Å². The van der Waals surface area contributed by atoms with Gasteiger partial charge in [-0.2, -0.15) is 0 Å². The molecule has 0 aromatic carbocycles. The molecule has 1 atom stereocenters. The quantitative estimate of drug-likeness (QED) is 0.548. The topological polar surface area (TPSA) is 77.0 Å². The van der Waals surface area contributed by atoms with E-state index in [1.54, 1.807) is 31.0 Å². The molecule has 0 aliphatic carbocycles. The summed E-state index contributed by atoms with van der Waals surface area (Å²) in [6.45, 7) is 0. The smallest absolute Gasteiger partial charge is 0.151 e. The number of hydrogen-bond acceptors (Lipinski definition) is 5. The molecule has 0 aliphatic heterocycles. The lowest BCUT2D eigenvalue weighted by molar-refractivity contribution is 0.547. The van der Waals surface area contributed by atoms with Gasteiger partial charge in [-0.3, -0.25) is 5.84 Å². The molecule has 2 aromatic rings. The van der Waals surface area contributed by atoms with Gasteiger partial charge in [0.1, 0.15) is 6.04 Å². The number of nitrogens with one attached hydrogen (secondary N) is 1. The third-order valence-electron chi connectivity index (χ3n) is 1.89. The second-order valence-corrected chi connectivity index (χ2v) is 2.76. The van der Waals surface area contributed by atoms with Crippen LogP contribution in [0.15, 0.2) is 41.5 Å². The third kappa shape index (κ3) is 1.63. The molecule has 2 aromatic heterocycles. The van der Waals surface area contributed by atoms with Crippen molar-refractivity contribution in [3.63, 3.8) is 0 Å². The summed E-state index contributed by atoms with van der Waals surface area (Å²) in [5.41, 5.74) is 3.54. The maximum atomic E-state index is 5.42. The molecule has 0 amide bonds. The number of furan rings is 1. The Kier molecular flexibility index (Phi) is 2.53.